The second kappa shape index (κ2) is 8.45. The van der Waals surface area contributed by atoms with Crippen molar-refractivity contribution in [1.29, 1.82) is 5.26 Å². The maximum Gasteiger partial charge on any atom is 0.251 e. The van der Waals surface area contributed by atoms with Gasteiger partial charge in [-0.25, -0.2) is 0 Å². The van der Waals surface area contributed by atoms with Crippen molar-refractivity contribution in [3.63, 3.8) is 0 Å². The van der Waals surface area contributed by atoms with Crippen molar-refractivity contribution >= 4 is 23.1 Å². The first-order chi connectivity index (χ1) is 15.0. The van der Waals surface area contributed by atoms with Gasteiger partial charge in [-0.2, -0.15) is 5.26 Å². The molecule has 4 aromatic rings. The Morgan fingerprint density at radius 3 is 2.45 bits per heavy atom. The Balaban J connectivity index is 1.63. The van der Waals surface area contributed by atoms with Crippen LogP contribution >= 0.6 is 0 Å². The van der Waals surface area contributed by atoms with Gasteiger partial charge in [0.05, 0.1) is 11.5 Å². The van der Waals surface area contributed by atoms with Crippen molar-refractivity contribution in [3.8, 4) is 6.07 Å². The predicted octanol–water partition coefficient (Wildman–Crippen LogP) is 6.03. The standard InChI is InChI=1S/C28H24N2O/c1-20-15-24-13-14-25(17-26(24)30-27(20)31)28(2,19-29)18-23-10-6-9-22(16-23)12-11-21-7-4-3-5-8-21/h3-17H,18H2,1-2H3,(H,30,31). The fraction of sp³-hybridized carbons (Fsp3) is 0.143. The van der Waals surface area contributed by atoms with E-state index in [0.29, 0.717) is 12.0 Å². The molecule has 0 fully saturated rings. The second-order valence-corrected chi connectivity index (χ2v) is 8.19. The quantitative estimate of drug-likeness (QED) is 0.413. The number of aromatic amines is 1. The van der Waals surface area contributed by atoms with Gasteiger partial charge in [0.1, 0.15) is 0 Å². The fourth-order valence-electron chi connectivity index (χ4n) is 3.83. The summed E-state index contributed by atoms with van der Waals surface area (Å²) in [7, 11) is 0. The molecule has 1 N–H and O–H groups in total. The molecule has 3 aromatic carbocycles. The SMILES string of the molecule is Cc1cc2ccc(C(C)(C#N)Cc3cccc(C=Cc4ccccc4)c3)cc2[nH]c1=O. The van der Waals surface area contributed by atoms with Crippen LogP contribution in [0.1, 0.15) is 34.7 Å². The minimum Gasteiger partial charge on any atom is -0.322 e. The molecule has 152 valence electrons. The van der Waals surface area contributed by atoms with Gasteiger partial charge < -0.3 is 4.98 Å². The molecule has 1 atom stereocenters. The average Bonchev–Trinajstić information content (AvgIpc) is 2.79. The summed E-state index contributed by atoms with van der Waals surface area (Å²) in [6.07, 6.45) is 4.76. The smallest absolute Gasteiger partial charge is 0.251 e. The Labute approximate surface area is 182 Å². The molecular formula is C28H24N2O. The van der Waals surface area contributed by atoms with Gasteiger partial charge in [-0.1, -0.05) is 78.9 Å². The molecule has 0 saturated carbocycles. The molecule has 0 radical (unpaired) electrons. The summed E-state index contributed by atoms with van der Waals surface area (Å²) in [4.78, 5) is 15.0. The van der Waals surface area contributed by atoms with Crippen molar-refractivity contribution < 1.29 is 0 Å². The van der Waals surface area contributed by atoms with E-state index in [1.54, 1.807) is 6.92 Å². The van der Waals surface area contributed by atoms with Crippen LogP contribution in [0.4, 0.5) is 0 Å². The van der Waals surface area contributed by atoms with E-state index < -0.39 is 5.41 Å². The highest BCUT2D eigenvalue weighted by atomic mass is 16.1. The summed E-state index contributed by atoms with van der Waals surface area (Å²) in [6, 6.07) is 28.7. The van der Waals surface area contributed by atoms with Gasteiger partial charge in [-0.15, -0.1) is 0 Å². The number of hydrogen-bond donors (Lipinski definition) is 1. The van der Waals surface area contributed by atoms with E-state index >= 15 is 0 Å². The van der Waals surface area contributed by atoms with E-state index in [-0.39, 0.29) is 5.56 Å². The number of nitrogens with one attached hydrogen (secondary N) is 1. The molecular weight excluding hydrogens is 380 g/mol. The minimum absolute atomic E-state index is 0.0961. The molecule has 1 heterocycles. The van der Waals surface area contributed by atoms with Crippen LogP contribution in [-0.4, -0.2) is 4.98 Å². The number of benzene rings is 3. The van der Waals surface area contributed by atoms with E-state index in [1.165, 1.54) is 0 Å². The van der Waals surface area contributed by atoms with Crippen LogP contribution in [0.3, 0.4) is 0 Å². The number of rotatable bonds is 5. The van der Waals surface area contributed by atoms with Crippen LogP contribution in [0.2, 0.25) is 0 Å². The third-order valence-electron chi connectivity index (χ3n) is 5.69. The number of fused-ring (bicyclic) bond motifs is 1. The monoisotopic (exact) mass is 404 g/mol. The zero-order valence-corrected chi connectivity index (χ0v) is 17.7. The lowest BCUT2D eigenvalue weighted by Crippen LogP contribution is -2.23. The summed E-state index contributed by atoms with van der Waals surface area (Å²) in [6.45, 7) is 3.75. The topological polar surface area (TPSA) is 56.6 Å². The summed E-state index contributed by atoms with van der Waals surface area (Å²) in [5.74, 6) is 0. The van der Waals surface area contributed by atoms with Gasteiger partial charge in [-0.3, -0.25) is 4.79 Å². The van der Waals surface area contributed by atoms with Crippen LogP contribution in [0.25, 0.3) is 23.1 Å². The Morgan fingerprint density at radius 1 is 0.935 bits per heavy atom. The summed E-state index contributed by atoms with van der Waals surface area (Å²) < 4.78 is 0. The minimum atomic E-state index is -0.711. The zero-order valence-electron chi connectivity index (χ0n) is 17.7. The molecule has 4 rings (SSSR count). The molecule has 0 spiro atoms. The number of pyridine rings is 1. The number of hydrogen-bond acceptors (Lipinski definition) is 2. The van der Waals surface area contributed by atoms with Gasteiger partial charge in [0.25, 0.3) is 5.56 Å². The van der Waals surface area contributed by atoms with Gasteiger partial charge in [0.2, 0.25) is 0 Å². The molecule has 0 aliphatic heterocycles. The van der Waals surface area contributed by atoms with Crippen molar-refractivity contribution in [3.05, 3.63) is 117 Å². The third-order valence-corrected chi connectivity index (χ3v) is 5.69. The maximum absolute atomic E-state index is 12.0. The van der Waals surface area contributed by atoms with Gasteiger partial charge in [0.15, 0.2) is 0 Å². The van der Waals surface area contributed by atoms with Crippen molar-refractivity contribution in [2.45, 2.75) is 25.7 Å². The Hall–Kier alpha value is -3.90. The maximum atomic E-state index is 12.0. The van der Waals surface area contributed by atoms with E-state index in [1.807, 2.05) is 55.5 Å². The molecule has 0 aliphatic carbocycles. The molecule has 1 unspecified atom stereocenters. The van der Waals surface area contributed by atoms with Crippen LogP contribution in [-0.2, 0) is 11.8 Å². The predicted molar refractivity (Wildman–Crippen MR) is 128 cm³/mol. The highest BCUT2D eigenvalue weighted by molar-refractivity contribution is 5.80. The van der Waals surface area contributed by atoms with Crippen LogP contribution in [0.15, 0.2) is 83.7 Å². The lowest BCUT2D eigenvalue weighted by atomic mass is 9.78. The molecule has 1 aromatic heterocycles. The first kappa shape index (κ1) is 20.4. The van der Waals surface area contributed by atoms with Crippen molar-refractivity contribution in [1.82, 2.24) is 4.98 Å². The molecule has 3 nitrogen and oxygen atoms in total. The second-order valence-electron chi connectivity index (χ2n) is 8.19. The van der Waals surface area contributed by atoms with Crippen LogP contribution in [0.5, 0.6) is 0 Å². The highest BCUT2D eigenvalue weighted by Gasteiger charge is 2.27. The molecule has 3 heteroatoms. The zero-order chi connectivity index (χ0) is 21.8. The van der Waals surface area contributed by atoms with Gasteiger partial charge in [-0.05, 0) is 60.0 Å². The lowest BCUT2D eigenvalue weighted by molar-refractivity contribution is 0.607. The Kier molecular flexibility index (Phi) is 5.56. The van der Waals surface area contributed by atoms with Crippen molar-refractivity contribution in [2.75, 3.05) is 0 Å². The normalized spacial score (nSPS) is 13.2. The van der Waals surface area contributed by atoms with Crippen LogP contribution < -0.4 is 5.56 Å². The Bertz CT molecular complexity index is 1360. The van der Waals surface area contributed by atoms with Crippen LogP contribution in [0, 0.1) is 18.3 Å². The Morgan fingerprint density at radius 2 is 1.68 bits per heavy atom. The fourth-order valence-corrected chi connectivity index (χ4v) is 3.83. The lowest BCUT2D eigenvalue weighted by Gasteiger charge is -2.23. The first-order valence-corrected chi connectivity index (χ1v) is 10.3. The summed E-state index contributed by atoms with van der Waals surface area (Å²) in [5, 5.41) is 11.0. The molecule has 31 heavy (non-hydrogen) atoms. The van der Waals surface area contributed by atoms with E-state index in [2.05, 4.69) is 53.5 Å². The first-order valence-electron chi connectivity index (χ1n) is 10.3. The number of nitrogens with zero attached hydrogens (tertiary/aromatic N) is 1. The number of aromatic nitrogens is 1. The highest BCUT2D eigenvalue weighted by Crippen LogP contribution is 2.30. The molecule has 0 aliphatic rings. The van der Waals surface area contributed by atoms with E-state index in [0.717, 1.165) is 33.2 Å². The summed E-state index contributed by atoms with van der Waals surface area (Å²) in [5.41, 5.74) is 4.87. The third kappa shape index (κ3) is 4.49. The van der Waals surface area contributed by atoms with E-state index in [4.69, 9.17) is 0 Å². The largest absolute Gasteiger partial charge is 0.322 e. The average molecular weight is 405 g/mol. The van der Waals surface area contributed by atoms with Crippen molar-refractivity contribution in [2.24, 2.45) is 0 Å². The number of H-pyrrole nitrogens is 1. The molecule has 0 bridgehead atoms. The molecule has 0 amide bonds. The number of nitriles is 1. The van der Waals surface area contributed by atoms with Gasteiger partial charge in [0, 0.05) is 11.1 Å². The number of aryl methyl sites for hydroxylation is 1. The van der Waals surface area contributed by atoms with E-state index in [9.17, 15) is 10.1 Å². The van der Waals surface area contributed by atoms with Gasteiger partial charge >= 0.3 is 0 Å². The molecule has 0 saturated heterocycles. The summed E-state index contributed by atoms with van der Waals surface area (Å²) >= 11 is 0.